The molecule has 29 heavy (non-hydrogen) atoms. The Morgan fingerprint density at radius 1 is 1.14 bits per heavy atom. The summed E-state index contributed by atoms with van der Waals surface area (Å²) in [5.41, 5.74) is 1.78. The van der Waals surface area contributed by atoms with E-state index in [9.17, 15) is 19.7 Å². The Labute approximate surface area is 166 Å². The summed E-state index contributed by atoms with van der Waals surface area (Å²) < 4.78 is 6.90. The van der Waals surface area contributed by atoms with Crippen LogP contribution in [-0.2, 0) is 9.53 Å². The summed E-state index contributed by atoms with van der Waals surface area (Å²) >= 11 is 0. The van der Waals surface area contributed by atoms with Crippen molar-refractivity contribution in [3.05, 3.63) is 82.2 Å². The van der Waals surface area contributed by atoms with Gasteiger partial charge in [0.05, 0.1) is 16.2 Å². The Kier molecular flexibility index (Phi) is 5.68. The molecule has 3 rings (SSSR count). The summed E-state index contributed by atoms with van der Waals surface area (Å²) in [6.07, 6.45) is 0.532. The molecule has 0 radical (unpaired) electrons. The molecule has 1 aromatic heterocycles. The highest BCUT2D eigenvalue weighted by atomic mass is 16.6. The molecule has 0 aliphatic rings. The van der Waals surface area contributed by atoms with Crippen molar-refractivity contribution in [2.75, 3.05) is 5.32 Å². The van der Waals surface area contributed by atoms with Gasteiger partial charge in [0, 0.05) is 18.0 Å². The number of nitro groups is 1. The van der Waals surface area contributed by atoms with Crippen molar-refractivity contribution >= 4 is 23.3 Å². The maximum atomic E-state index is 12.3. The number of hydrogen-bond acceptors (Lipinski definition) is 6. The lowest BCUT2D eigenvalue weighted by Gasteiger charge is -2.14. The summed E-state index contributed by atoms with van der Waals surface area (Å²) in [6, 6.07) is 14.2. The molecule has 0 aliphatic carbocycles. The number of benzene rings is 2. The molecule has 3 aromatic rings. The fourth-order valence-electron chi connectivity index (χ4n) is 2.63. The lowest BCUT2D eigenvalue weighted by molar-refractivity contribution is -0.383. The standard InChI is InChI=1S/C20H18N4O5/c1-13-11-12-21-23(13)16-9-7-15(8-10-16)20(26)29-14(2)19(25)22-17-5-3-4-6-18(17)24(27)28/h3-12,14H,1-2H3,(H,22,25)/t14-/m0/s1. The lowest BCUT2D eigenvalue weighted by atomic mass is 10.2. The van der Waals surface area contributed by atoms with E-state index in [1.165, 1.54) is 25.1 Å². The van der Waals surface area contributed by atoms with Gasteiger partial charge in [0.25, 0.3) is 11.6 Å². The molecule has 0 unspecified atom stereocenters. The first kappa shape index (κ1) is 19.7. The van der Waals surface area contributed by atoms with E-state index in [1.54, 1.807) is 41.2 Å². The van der Waals surface area contributed by atoms with Crippen LogP contribution in [0.1, 0.15) is 23.0 Å². The van der Waals surface area contributed by atoms with Gasteiger partial charge in [-0.05, 0) is 50.2 Å². The minimum Gasteiger partial charge on any atom is -0.449 e. The minimum atomic E-state index is -1.14. The van der Waals surface area contributed by atoms with Crippen molar-refractivity contribution in [2.45, 2.75) is 20.0 Å². The van der Waals surface area contributed by atoms with E-state index in [1.807, 2.05) is 13.0 Å². The number of esters is 1. The second-order valence-corrected chi connectivity index (χ2v) is 6.24. The van der Waals surface area contributed by atoms with Gasteiger partial charge >= 0.3 is 5.97 Å². The summed E-state index contributed by atoms with van der Waals surface area (Å²) in [5, 5.41) is 17.6. The molecular formula is C20H18N4O5. The van der Waals surface area contributed by atoms with Gasteiger partial charge in [-0.2, -0.15) is 5.10 Å². The van der Waals surface area contributed by atoms with Gasteiger partial charge in [-0.3, -0.25) is 14.9 Å². The van der Waals surface area contributed by atoms with Crippen LogP contribution >= 0.6 is 0 Å². The normalized spacial score (nSPS) is 11.5. The Balaban J connectivity index is 1.65. The van der Waals surface area contributed by atoms with Crippen LogP contribution in [0.25, 0.3) is 5.69 Å². The van der Waals surface area contributed by atoms with Gasteiger partial charge in [0.1, 0.15) is 5.69 Å². The molecule has 1 heterocycles. The number of nitro benzene ring substituents is 1. The monoisotopic (exact) mass is 394 g/mol. The molecule has 9 nitrogen and oxygen atoms in total. The number of nitrogens with one attached hydrogen (secondary N) is 1. The van der Waals surface area contributed by atoms with Crippen molar-refractivity contribution in [2.24, 2.45) is 0 Å². The van der Waals surface area contributed by atoms with Gasteiger partial charge in [-0.15, -0.1) is 0 Å². The second-order valence-electron chi connectivity index (χ2n) is 6.24. The van der Waals surface area contributed by atoms with Gasteiger partial charge in [-0.1, -0.05) is 12.1 Å². The largest absolute Gasteiger partial charge is 0.449 e. The van der Waals surface area contributed by atoms with Gasteiger partial charge < -0.3 is 10.1 Å². The third kappa shape index (κ3) is 4.46. The summed E-state index contributed by atoms with van der Waals surface area (Å²) in [4.78, 5) is 35.0. The van der Waals surface area contributed by atoms with Crippen LogP contribution in [-0.4, -0.2) is 32.7 Å². The molecule has 0 aliphatic heterocycles. The zero-order valence-electron chi connectivity index (χ0n) is 15.7. The number of aromatic nitrogens is 2. The molecule has 1 N–H and O–H groups in total. The number of aryl methyl sites for hydroxylation is 1. The molecule has 0 saturated carbocycles. The van der Waals surface area contributed by atoms with Crippen molar-refractivity contribution in [1.29, 1.82) is 0 Å². The Hall–Kier alpha value is -4.01. The zero-order chi connectivity index (χ0) is 21.0. The van der Waals surface area contributed by atoms with Crippen LogP contribution < -0.4 is 5.32 Å². The molecule has 2 aromatic carbocycles. The molecule has 148 valence electrons. The Morgan fingerprint density at radius 3 is 2.45 bits per heavy atom. The molecular weight excluding hydrogens is 376 g/mol. The highest BCUT2D eigenvalue weighted by Crippen LogP contribution is 2.23. The maximum absolute atomic E-state index is 12.3. The summed E-state index contributed by atoms with van der Waals surface area (Å²) in [5.74, 6) is -1.35. The predicted octanol–water partition coefficient (Wildman–Crippen LogP) is 3.27. The number of rotatable bonds is 6. The van der Waals surface area contributed by atoms with Gasteiger partial charge in [-0.25, -0.2) is 9.48 Å². The average Bonchev–Trinajstić information content (AvgIpc) is 3.14. The van der Waals surface area contributed by atoms with E-state index < -0.39 is 22.9 Å². The molecule has 0 bridgehead atoms. The van der Waals surface area contributed by atoms with Crippen molar-refractivity contribution < 1.29 is 19.2 Å². The van der Waals surface area contributed by atoms with Gasteiger partial charge in [0.15, 0.2) is 6.10 Å². The highest BCUT2D eigenvalue weighted by molar-refractivity contribution is 5.98. The quantitative estimate of drug-likeness (QED) is 0.390. The number of carbonyl (C=O) groups is 2. The third-order valence-corrected chi connectivity index (χ3v) is 4.19. The SMILES string of the molecule is Cc1ccnn1-c1ccc(C(=O)O[C@@H](C)C(=O)Nc2ccccc2[N+](=O)[O-])cc1. The average molecular weight is 394 g/mol. The van der Waals surface area contributed by atoms with Gasteiger partial charge in [0.2, 0.25) is 0 Å². The van der Waals surface area contributed by atoms with Crippen molar-refractivity contribution in [3.63, 3.8) is 0 Å². The number of ether oxygens (including phenoxy) is 1. The van der Waals surface area contributed by atoms with Crippen LogP contribution in [0.2, 0.25) is 0 Å². The molecule has 0 spiro atoms. The Morgan fingerprint density at radius 2 is 1.83 bits per heavy atom. The van der Waals surface area contributed by atoms with E-state index in [-0.39, 0.29) is 16.9 Å². The topological polar surface area (TPSA) is 116 Å². The predicted molar refractivity (Wildman–Crippen MR) is 105 cm³/mol. The number of nitrogens with zero attached hydrogens (tertiary/aromatic N) is 3. The van der Waals surface area contributed by atoms with Crippen molar-refractivity contribution in [1.82, 2.24) is 9.78 Å². The highest BCUT2D eigenvalue weighted by Gasteiger charge is 2.22. The van der Waals surface area contributed by atoms with Crippen LogP contribution in [0.15, 0.2) is 60.8 Å². The second kappa shape index (κ2) is 8.34. The van der Waals surface area contributed by atoms with Crippen LogP contribution in [0.4, 0.5) is 11.4 Å². The van der Waals surface area contributed by atoms with Crippen molar-refractivity contribution in [3.8, 4) is 5.69 Å². The summed E-state index contributed by atoms with van der Waals surface area (Å²) in [6.45, 7) is 3.30. The van der Waals surface area contributed by atoms with Crippen LogP contribution in [0.5, 0.6) is 0 Å². The van der Waals surface area contributed by atoms with Crippen LogP contribution in [0, 0.1) is 17.0 Å². The lowest BCUT2D eigenvalue weighted by Crippen LogP contribution is -2.30. The smallest absolute Gasteiger partial charge is 0.338 e. The van der Waals surface area contributed by atoms with E-state index in [2.05, 4.69) is 10.4 Å². The maximum Gasteiger partial charge on any atom is 0.338 e. The number of hydrogen-bond donors (Lipinski definition) is 1. The van der Waals surface area contributed by atoms with E-state index in [0.29, 0.717) is 0 Å². The molecule has 0 saturated heterocycles. The first-order valence-corrected chi connectivity index (χ1v) is 8.73. The Bertz CT molecular complexity index is 1060. The fraction of sp³-hybridized carbons (Fsp3) is 0.150. The molecule has 0 fully saturated rings. The van der Waals surface area contributed by atoms with E-state index >= 15 is 0 Å². The molecule has 1 atom stereocenters. The third-order valence-electron chi connectivity index (χ3n) is 4.19. The first-order chi connectivity index (χ1) is 13.9. The van der Waals surface area contributed by atoms with E-state index in [0.717, 1.165) is 11.4 Å². The van der Waals surface area contributed by atoms with Crippen LogP contribution in [0.3, 0.4) is 0 Å². The minimum absolute atomic E-state index is 0.0318. The number of carbonyl (C=O) groups excluding carboxylic acids is 2. The number of para-hydroxylation sites is 2. The zero-order valence-corrected chi connectivity index (χ0v) is 15.7. The summed E-state index contributed by atoms with van der Waals surface area (Å²) in [7, 11) is 0. The fourth-order valence-corrected chi connectivity index (χ4v) is 2.63. The molecule has 9 heteroatoms. The number of anilines is 1. The first-order valence-electron chi connectivity index (χ1n) is 8.73. The molecule has 1 amide bonds. The van der Waals surface area contributed by atoms with E-state index in [4.69, 9.17) is 4.74 Å². The number of amides is 1.